The predicted molar refractivity (Wildman–Crippen MR) is 65.2 cm³/mol. The second-order valence-electron chi connectivity index (χ2n) is 3.65. The fourth-order valence-electron chi connectivity index (χ4n) is 1.63. The van der Waals surface area contributed by atoms with Crippen molar-refractivity contribution >= 4 is 11.3 Å². The minimum atomic E-state index is 1.15. The lowest BCUT2D eigenvalue weighted by molar-refractivity contribution is 0.738. The van der Waals surface area contributed by atoms with Crippen molar-refractivity contribution in [1.29, 1.82) is 0 Å². The van der Waals surface area contributed by atoms with E-state index in [1.54, 1.807) is 0 Å². The molecule has 0 radical (unpaired) electrons. The van der Waals surface area contributed by atoms with E-state index in [1.165, 1.54) is 29.7 Å². The third-order valence-electron chi connectivity index (χ3n) is 2.44. The fraction of sp³-hybridized carbons (Fsp3) is 0.308. The molecule has 0 spiro atoms. The average molecular weight is 217 g/mol. The molecule has 0 unspecified atom stereocenters. The lowest BCUT2D eigenvalue weighted by Crippen LogP contribution is -1.88. The zero-order valence-corrected chi connectivity index (χ0v) is 9.54. The summed E-state index contributed by atoms with van der Waals surface area (Å²) in [6.07, 6.45) is 8.69. The molecule has 15 heavy (non-hydrogen) atoms. The lowest BCUT2D eigenvalue weighted by atomic mass is 10.1. The largest absolute Gasteiger partial charge is 0.264 e. The van der Waals surface area contributed by atoms with Gasteiger partial charge in [0.1, 0.15) is 0 Å². The molecule has 0 atom stereocenters. The second kappa shape index (κ2) is 5.66. The van der Waals surface area contributed by atoms with E-state index < -0.39 is 0 Å². The topological polar surface area (TPSA) is 12.9 Å². The summed E-state index contributed by atoms with van der Waals surface area (Å²) in [6, 6.07) is 8.50. The van der Waals surface area contributed by atoms with Gasteiger partial charge in [0.05, 0.1) is 0 Å². The summed E-state index contributed by atoms with van der Waals surface area (Å²) >= 11 is 1.86. The molecule has 2 rings (SSSR count). The van der Waals surface area contributed by atoms with E-state index in [0.717, 1.165) is 6.42 Å². The Kier molecular flexibility index (Phi) is 3.92. The number of aromatic nitrogens is 1. The molecule has 2 aromatic heterocycles. The first kappa shape index (κ1) is 10.4. The van der Waals surface area contributed by atoms with E-state index in [4.69, 9.17) is 0 Å². The first-order valence-electron chi connectivity index (χ1n) is 5.36. The Morgan fingerprint density at radius 3 is 2.73 bits per heavy atom. The van der Waals surface area contributed by atoms with Gasteiger partial charge in [0.2, 0.25) is 0 Å². The summed E-state index contributed by atoms with van der Waals surface area (Å²) in [5.41, 5.74) is 1.35. The monoisotopic (exact) mass is 217 g/mol. The van der Waals surface area contributed by atoms with E-state index >= 15 is 0 Å². The number of hydrogen-bond acceptors (Lipinski definition) is 2. The molecule has 0 fully saturated rings. The van der Waals surface area contributed by atoms with E-state index in [-0.39, 0.29) is 0 Å². The van der Waals surface area contributed by atoms with Crippen LogP contribution >= 0.6 is 11.3 Å². The van der Waals surface area contributed by atoms with Gasteiger partial charge in [0, 0.05) is 17.3 Å². The van der Waals surface area contributed by atoms with E-state index in [9.17, 15) is 0 Å². The van der Waals surface area contributed by atoms with Crippen LogP contribution in [0.4, 0.5) is 0 Å². The molecule has 0 aliphatic carbocycles. The van der Waals surface area contributed by atoms with Crippen molar-refractivity contribution < 1.29 is 0 Å². The molecule has 0 N–H and O–H groups in total. The number of hydrogen-bond donors (Lipinski definition) is 0. The van der Waals surface area contributed by atoms with Gasteiger partial charge in [-0.2, -0.15) is 0 Å². The molecule has 2 heterocycles. The van der Waals surface area contributed by atoms with Crippen molar-refractivity contribution in [1.82, 2.24) is 4.98 Å². The highest BCUT2D eigenvalue weighted by atomic mass is 32.1. The maximum absolute atomic E-state index is 4.12. The first-order valence-corrected chi connectivity index (χ1v) is 6.24. The van der Waals surface area contributed by atoms with Crippen LogP contribution in [-0.2, 0) is 12.8 Å². The van der Waals surface area contributed by atoms with Crippen LogP contribution in [0.25, 0.3) is 0 Å². The molecule has 0 saturated carbocycles. The number of unbranched alkanes of at least 4 members (excludes halogenated alkanes) is 1. The SMILES string of the molecule is c1cncc(CCCCc2cccs2)c1. The molecule has 78 valence electrons. The van der Waals surface area contributed by atoms with Gasteiger partial charge in [-0.25, -0.2) is 0 Å². The molecule has 0 saturated heterocycles. The minimum absolute atomic E-state index is 1.15. The number of pyridine rings is 1. The second-order valence-corrected chi connectivity index (χ2v) is 4.68. The van der Waals surface area contributed by atoms with Crippen LogP contribution in [0, 0.1) is 0 Å². The highest BCUT2D eigenvalue weighted by Crippen LogP contribution is 2.13. The van der Waals surface area contributed by atoms with Crippen LogP contribution in [0.2, 0.25) is 0 Å². The molecule has 0 aromatic carbocycles. The Bertz CT molecular complexity index is 367. The molecule has 2 heteroatoms. The summed E-state index contributed by atoms with van der Waals surface area (Å²) in [5.74, 6) is 0. The highest BCUT2D eigenvalue weighted by molar-refractivity contribution is 7.09. The molecule has 0 aliphatic heterocycles. The molecular formula is C13H15NS. The van der Waals surface area contributed by atoms with Gasteiger partial charge in [0.15, 0.2) is 0 Å². The quantitative estimate of drug-likeness (QED) is 0.696. The highest BCUT2D eigenvalue weighted by Gasteiger charge is 1.95. The normalized spacial score (nSPS) is 10.4. The molecule has 0 bridgehead atoms. The Morgan fingerprint density at radius 1 is 1.07 bits per heavy atom. The summed E-state index contributed by atoms with van der Waals surface area (Å²) in [5, 5.41) is 2.15. The van der Waals surface area contributed by atoms with Crippen LogP contribution in [0.15, 0.2) is 42.0 Å². The van der Waals surface area contributed by atoms with E-state index in [1.807, 2.05) is 29.8 Å². The van der Waals surface area contributed by atoms with Crippen molar-refractivity contribution in [2.75, 3.05) is 0 Å². The predicted octanol–water partition coefficient (Wildman–Crippen LogP) is 3.71. The van der Waals surface area contributed by atoms with E-state index in [2.05, 4.69) is 28.6 Å². The maximum atomic E-state index is 4.12. The van der Waals surface area contributed by atoms with Gasteiger partial charge in [-0.15, -0.1) is 11.3 Å². The Hall–Kier alpha value is -1.15. The van der Waals surface area contributed by atoms with Gasteiger partial charge in [-0.3, -0.25) is 4.98 Å². The van der Waals surface area contributed by atoms with Crippen molar-refractivity contribution in [2.45, 2.75) is 25.7 Å². The zero-order chi connectivity index (χ0) is 10.3. The molecular weight excluding hydrogens is 202 g/mol. The maximum Gasteiger partial charge on any atom is 0.0299 e. The van der Waals surface area contributed by atoms with Crippen LogP contribution in [-0.4, -0.2) is 4.98 Å². The first-order chi connectivity index (χ1) is 7.45. The van der Waals surface area contributed by atoms with E-state index in [0.29, 0.717) is 0 Å². The molecule has 1 nitrogen and oxygen atoms in total. The van der Waals surface area contributed by atoms with Gasteiger partial charge >= 0.3 is 0 Å². The van der Waals surface area contributed by atoms with Crippen LogP contribution < -0.4 is 0 Å². The van der Waals surface area contributed by atoms with Crippen LogP contribution in [0.5, 0.6) is 0 Å². The van der Waals surface area contributed by atoms with Gasteiger partial charge < -0.3 is 0 Å². The van der Waals surface area contributed by atoms with Gasteiger partial charge in [-0.05, 0) is 48.8 Å². The summed E-state index contributed by atoms with van der Waals surface area (Å²) in [4.78, 5) is 5.62. The number of thiophene rings is 1. The Balaban J connectivity index is 1.68. The molecule has 0 amide bonds. The summed E-state index contributed by atoms with van der Waals surface area (Å²) in [7, 11) is 0. The number of aryl methyl sites for hydroxylation is 2. The fourth-order valence-corrected chi connectivity index (χ4v) is 2.38. The van der Waals surface area contributed by atoms with Gasteiger partial charge in [-0.1, -0.05) is 12.1 Å². The minimum Gasteiger partial charge on any atom is -0.264 e. The zero-order valence-electron chi connectivity index (χ0n) is 8.73. The van der Waals surface area contributed by atoms with Crippen LogP contribution in [0.1, 0.15) is 23.3 Å². The molecule has 0 aliphatic rings. The standard InChI is InChI=1S/C13H15NS/c1(2-7-13-8-4-10-15-13)5-12-6-3-9-14-11-12/h3-4,6,8-11H,1-2,5,7H2. The van der Waals surface area contributed by atoms with Crippen molar-refractivity contribution in [3.05, 3.63) is 52.5 Å². The van der Waals surface area contributed by atoms with Crippen LogP contribution in [0.3, 0.4) is 0 Å². The Labute approximate surface area is 94.8 Å². The average Bonchev–Trinajstić information content (AvgIpc) is 2.79. The number of rotatable bonds is 5. The molecule has 2 aromatic rings. The number of nitrogens with zero attached hydrogens (tertiary/aromatic N) is 1. The summed E-state index contributed by atoms with van der Waals surface area (Å²) < 4.78 is 0. The third-order valence-corrected chi connectivity index (χ3v) is 3.38. The van der Waals surface area contributed by atoms with Crippen molar-refractivity contribution in [3.8, 4) is 0 Å². The summed E-state index contributed by atoms with van der Waals surface area (Å²) in [6.45, 7) is 0. The third kappa shape index (κ3) is 3.48. The lowest BCUT2D eigenvalue weighted by Gasteiger charge is -1.99. The van der Waals surface area contributed by atoms with Crippen molar-refractivity contribution in [2.24, 2.45) is 0 Å². The smallest absolute Gasteiger partial charge is 0.0299 e. The Morgan fingerprint density at radius 2 is 2.00 bits per heavy atom. The van der Waals surface area contributed by atoms with Gasteiger partial charge in [0.25, 0.3) is 0 Å². The van der Waals surface area contributed by atoms with Crippen molar-refractivity contribution in [3.63, 3.8) is 0 Å².